The molecule has 5 heteroatoms. The molecule has 18 heavy (non-hydrogen) atoms. The van der Waals surface area contributed by atoms with Crippen molar-refractivity contribution in [1.29, 1.82) is 0 Å². The number of benzene rings is 1. The van der Waals surface area contributed by atoms with Gasteiger partial charge in [-0.3, -0.25) is 4.79 Å². The number of carbonyl (C=O) groups excluding carboxylic acids is 1. The summed E-state index contributed by atoms with van der Waals surface area (Å²) in [5.74, 6) is -1.08. The molecule has 0 atom stereocenters. The van der Waals surface area contributed by atoms with Gasteiger partial charge in [-0.1, -0.05) is 6.07 Å². The Morgan fingerprint density at radius 2 is 1.83 bits per heavy atom. The lowest BCUT2D eigenvalue weighted by Crippen LogP contribution is -2.25. The molecule has 1 amide bonds. The maximum Gasteiger partial charge on any atom is 0.335 e. The van der Waals surface area contributed by atoms with Gasteiger partial charge in [0.1, 0.15) is 0 Å². The first-order valence-electron chi connectivity index (χ1n) is 5.24. The Bertz CT molecular complexity index is 560. The van der Waals surface area contributed by atoms with Gasteiger partial charge in [0.2, 0.25) is 0 Å². The van der Waals surface area contributed by atoms with Crippen molar-refractivity contribution in [2.75, 3.05) is 11.9 Å². The summed E-state index contributed by atoms with van der Waals surface area (Å²) in [5, 5.41) is 10.6. The van der Waals surface area contributed by atoms with Crippen LogP contribution in [0.2, 0.25) is 0 Å². The minimum absolute atomic E-state index is 0.104. The van der Waals surface area contributed by atoms with E-state index in [1.54, 1.807) is 25.2 Å². The predicted octanol–water partition coefficient (Wildman–Crippen LogP) is 2.72. The number of amides is 1. The topological polar surface area (TPSA) is 57.6 Å². The van der Waals surface area contributed by atoms with Gasteiger partial charge >= 0.3 is 5.97 Å². The zero-order valence-electron chi connectivity index (χ0n) is 9.66. The Kier molecular flexibility index (Phi) is 3.43. The number of hydrogen-bond acceptors (Lipinski definition) is 3. The maximum absolute atomic E-state index is 12.0. The third-order valence-corrected chi connectivity index (χ3v) is 3.40. The van der Waals surface area contributed by atoms with Crippen molar-refractivity contribution in [3.63, 3.8) is 0 Å². The average Bonchev–Trinajstić information content (AvgIpc) is 2.91. The number of rotatable bonds is 3. The van der Waals surface area contributed by atoms with Crippen LogP contribution in [0.5, 0.6) is 0 Å². The summed E-state index contributed by atoms with van der Waals surface area (Å²) in [5.41, 5.74) is 0.870. The van der Waals surface area contributed by atoms with Gasteiger partial charge in [-0.05, 0) is 35.7 Å². The van der Waals surface area contributed by atoms with Crippen LogP contribution in [0.3, 0.4) is 0 Å². The molecule has 0 aliphatic rings. The molecule has 2 rings (SSSR count). The fraction of sp³-hybridized carbons (Fsp3) is 0.0769. The van der Waals surface area contributed by atoms with Gasteiger partial charge in [-0.25, -0.2) is 4.79 Å². The van der Waals surface area contributed by atoms with Crippen molar-refractivity contribution in [3.8, 4) is 0 Å². The lowest BCUT2D eigenvalue weighted by atomic mass is 10.2. The molecular formula is C13H11NO3S. The second kappa shape index (κ2) is 5.01. The number of carboxylic acids is 1. The molecule has 0 bridgehead atoms. The quantitative estimate of drug-likeness (QED) is 0.924. The Balaban J connectivity index is 2.21. The van der Waals surface area contributed by atoms with E-state index >= 15 is 0 Å². The van der Waals surface area contributed by atoms with Crippen LogP contribution in [0.1, 0.15) is 20.0 Å². The van der Waals surface area contributed by atoms with Gasteiger partial charge in [0.05, 0.1) is 10.4 Å². The molecule has 2 aromatic rings. The molecule has 0 fully saturated rings. The highest BCUT2D eigenvalue weighted by Crippen LogP contribution is 2.18. The number of hydrogen-bond donors (Lipinski definition) is 1. The summed E-state index contributed by atoms with van der Waals surface area (Å²) in [7, 11) is 1.66. The molecule has 0 aliphatic heterocycles. The Hall–Kier alpha value is -2.14. The molecule has 0 radical (unpaired) electrons. The smallest absolute Gasteiger partial charge is 0.335 e. The Labute approximate surface area is 108 Å². The third-order valence-electron chi connectivity index (χ3n) is 2.54. The number of carboxylic acid groups (broad SMARTS) is 1. The lowest BCUT2D eigenvalue weighted by Gasteiger charge is -2.16. The number of carbonyl (C=O) groups is 2. The maximum atomic E-state index is 12.0. The summed E-state index contributed by atoms with van der Waals surface area (Å²) in [4.78, 5) is 24.9. The van der Waals surface area contributed by atoms with Crippen molar-refractivity contribution in [3.05, 3.63) is 52.2 Å². The largest absolute Gasteiger partial charge is 0.478 e. The van der Waals surface area contributed by atoms with Gasteiger partial charge in [-0.2, -0.15) is 0 Å². The molecule has 0 spiro atoms. The van der Waals surface area contributed by atoms with Gasteiger partial charge in [0, 0.05) is 12.7 Å². The number of thiophene rings is 1. The van der Waals surface area contributed by atoms with E-state index in [0.29, 0.717) is 10.6 Å². The van der Waals surface area contributed by atoms with Crippen LogP contribution < -0.4 is 4.90 Å². The third kappa shape index (κ3) is 2.41. The van der Waals surface area contributed by atoms with Gasteiger partial charge < -0.3 is 10.0 Å². The first-order chi connectivity index (χ1) is 8.59. The SMILES string of the molecule is CN(C(=O)c1cccs1)c1ccc(C(=O)O)cc1. The molecule has 0 unspecified atom stereocenters. The van der Waals surface area contributed by atoms with Crippen molar-refractivity contribution < 1.29 is 14.7 Å². The van der Waals surface area contributed by atoms with E-state index < -0.39 is 5.97 Å². The van der Waals surface area contributed by atoms with E-state index in [0.717, 1.165) is 0 Å². The number of nitrogens with zero attached hydrogens (tertiary/aromatic N) is 1. The summed E-state index contributed by atoms with van der Waals surface area (Å²) in [6, 6.07) is 9.78. The van der Waals surface area contributed by atoms with Crippen LogP contribution in [0, 0.1) is 0 Å². The molecule has 1 N–H and O–H groups in total. The minimum atomic E-state index is -0.978. The van der Waals surface area contributed by atoms with E-state index in [2.05, 4.69) is 0 Å². The molecule has 0 saturated carbocycles. The standard InChI is InChI=1S/C13H11NO3S/c1-14(12(15)11-3-2-8-18-11)10-6-4-9(5-7-10)13(16)17/h2-8H,1H3,(H,16,17). The summed E-state index contributed by atoms with van der Waals surface area (Å²) < 4.78 is 0. The zero-order valence-corrected chi connectivity index (χ0v) is 10.5. The van der Waals surface area contributed by atoms with E-state index in [9.17, 15) is 9.59 Å². The predicted molar refractivity (Wildman–Crippen MR) is 70.5 cm³/mol. The molecule has 92 valence electrons. The second-order valence-electron chi connectivity index (χ2n) is 3.69. The highest BCUT2D eigenvalue weighted by Gasteiger charge is 2.14. The fourth-order valence-corrected chi connectivity index (χ4v) is 2.21. The summed E-state index contributed by atoms with van der Waals surface area (Å²) >= 11 is 1.38. The lowest BCUT2D eigenvalue weighted by molar-refractivity contribution is 0.0696. The van der Waals surface area contributed by atoms with Crippen molar-refractivity contribution >= 4 is 28.9 Å². The Morgan fingerprint density at radius 3 is 2.33 bits per heavy atom. The summed E-state index contributed by atoms with van der Waals surface area (Å²) in [6.45, 7) is 0. The summed E-state index contributed by atoms with van der Waals surface area (Å²) in [6.07, 6.45) is 0. The molecule has 1 aromatic heterocycles. The molecule has 1 aromatic carbocycles. The highest BCUT2D eigenvalue weighted by atomic mass is 32.1. The fourth-order valence-electron chi connectivity index (χ4n) is 1.51. The molecule has 4 nitrogen and oxygen atoms in total. The van der Waals surface area contributed by atoms with E-state index in [4.69, 9.17) is 5.11 Å². The average molecular weight is 261 g/mol. The van der Waals surface area contributed by atoms with Crippen molar-refractivity contribution in [2.24, 2.45) is 0 Å². The number of aromatic carboxylic acids is 1. The highest BCUT2D eigenvalue weighted by molar-refractivity contribution is 7.12. The zero-order chi connectivity index (χ0) is 13.1. The number of anilines is 1. The van der Waals surface area contributed by atoms with Crippen LogP contribution in [0.15, 0.2) is 41.8 Å². The monoisotopic (exact) mass is 261 g/mol. The van der Waals surface area contributed by atoms with Crippen molar-refractivity contribution in [2.45, 2.75) is 0 Å². The van der Waals surface area contributed by atoms with Gasteiger partial charge in [0.15, 0.2) is 0 Å². The van der Waals surface area contributed by atoms with Crippen LogP contribution in [0.25, 0.3) is 0 Å². The van der Waals surface area contributed by atoms with Crippen LogP contribution in [0.4, 0.5) is 5.69 Å². The van der Waals surface area contributed by atoms with E-state index in [-0.39, 0.29) is 11.5 Å². The van der Waals surface area contributed by atoms with Crippen LogP contribution in [-0.4, -0.2) is 24.0 Å². The minimum Gasteiger partial charge on any atom is -0.478 e. The Morgan fingerprint density at radius 1 is 1.17 bits per heavy atom. The molecule has 0 aliphatic carbocycles. The second-order valence-corrected chi connectivity index (χ2v) is 4.64. The molecule has 1 heterocycles. The molecule has 0 saturated heterocycles. The van der Waals surface area contributed by atoms with Gasteiger partial charge in [0.25, 0.3) is 5.91 Å². The first-order valence-corrected chi connectivity index (χ1v) is 6.12. The normalized spacial score (nSPS) is 10.1. The first kappa shape index (κ1) is 12.3. The molecular weight excluding hydrogens is 250 g/mol. The van der Waals surface area contributed by atoms with E-state index in [1.165, 1.54) is 28.4 Å². The van der Waals surface area contributed by atoms with Crippen LogP contribution >= 0.6 is 11.3 Å². The van der Waals surface area contributed by atoms with E-state index in [1.807, 2.05) is 11.4 Å². The van der Waals surface area contributed by atoms with Crippen molar-refractivity contribution in [1.82, 2.24) is 0 Å². The van der Waals surface area contributed by atoms with Crippen LogP contribution in [-0.2, 0) is 0 Å². The van der Waals surface area contributed by atoms with Gasteiger partial charge in [-0.15, -0.1) is 11.3 Å².